The van der Waals surface area contributed by atoms with E-state index >= 15 is 0 Å². The van der Waals surface area contributed by atoms with Gasteiger partial charge in [-0.15, -0.1) is 7.20 Å². The molecule has 0 aliphatic carbocycles. The van der Waals surface area contributed by atoms with E-state index < -0.39 is 7.20 Å². The number of unbranched alkanes of at least 4 members (excludes halogenated alkanes) is 3. The highest BCUT2D eigenvalue weighted by Gasteiger charge is 2.17. The van der Waals surface area contributed by atoms with E-state index in [9.17, 15) is 0 Å². The molecule has 1 aliphatic heterocycles. The van der Waals surface area contributed by atoms with Crippen molar-refractivity contribution < 1.29 is 0 Å². The summed E-state index contributed by atoms with van der Waals surface area (Å²) in [5, 5.41) is 4.90. The summed E-state index contributed by atoms with van der Waals surface area (Å²) >= 11 is 2.65. The molecule has 0 nitrogen and oxygen atoms in total. The van der Waals surface area contributed by atoms with Crippen molar-refractivity contribution in [2.75, 3.05) is 5.75 Å². The van der Waals surface area contributed by atoms with E-state index in [-0.39, 0.29) is 0 Å². The van der Waals surface area contributed by atoms with Gasteiger partial charge in [-0.25, -0.2) is 0 Å². The maximum absolute atomic E-state index is 2.65. The van der Waals surface area contributed by atoms with E-state index in [0.29, 0.717) is 0 Å². The van der Waals surface area contributed by atoms with Crippen molar-refractivity contribution in [2.24, 2.45) is 0 Å². The minimum Gasteiger partial charge on any atom is -0.146 e. The Hall–Kier alpha value is 0.560. The molecule has 0 N–H and O–H groups in total. The molecule has 1 aliphatic rings. The lowest BCUT2D eigenvalue weighted by Crippen LogP contribution is -1.89. The largest absolute Gasteiger partial charge is 0.146 e. The summed E-state index contributed by atoms with van der Waals surface area (Å²) in [6.07, 6.45) is 7.84. The van der Waals surface area contributed by atoms with E-state index in [1.54, 1.807) is 0 Å². The lowest BCUT2D eigenvalue weighted by molar-refractivity contribution is 0.706. The van der Waals surface area contributed by atoms with Gasteiger partial charge in [0.25, 0.3) is 0 Å². The lowest BCUT2D eigenvalue weighted by atomic mass is 10.2. The van der Waals surface area contributed by atoms with Crippen molar-refractivity contribution in [1.82, 2.24) is 0 Å². The van der Waals surface area contributed by atoms with Gasteiger partial charge in [-0.2, -0.15) is 0 Å². The molecule has 0 aromatic carbocycles. The first-order valence-electron chi connectivity index (χ1n) is 5.03. The molecule has 2 heteroatoms. The molecule has 0 spiro atoms. The van der Waals surface area contributed by atoms with Gasteiger partial charge in [0.15, 0.2) is 0 Å². The molecule has 0 aromatic heterocycles. The van der Waals surface area contributed by atoms with Crippen molar-refractivity contribution in [2.45, 2.75) is 39.5 Å². The topological polar surface area (TPSA) is 0 Å². The summed E-state index contributed by atoms with van der Waals surface area (Å²) in [6, 6.07) is 0. The molecule has 0 amide bonds. The Morgan fingerprint density at radius 3 is 2.62 bits per heavy atom. The third-order valence-electron chi connectivity index (χ3n) is 2.25. The van der Waals surface area contributed by atoms with E-state index in [1.807, 2.05) is 0 Å². The van der Waals surface area contributed by atoms with Crippen molar-refractivity contribution in [3.8, 4) is 0 Å². The number of halogens is 1. The van der Waals surface area contributed by atoms with E-state index in [1.165, 1.54) is 37.0 Å². The fraction of sp³-hybridized carbons (Fsp3) is 0.636. The van der Waals surface area contributed by atoms with Gasteiger partial charge in [0.2, 0.25) is 0 Å². The van der Waals surface area contributed by atoms with Crippen LogP contribution in [0.3, 0.4) is 0 Å². The zero-order chi connectivity index (χ0) is 9.73. The van der Waals surface area contributed by atoms with Crippen LogP contribution >= 0.6 is 28.4 Å². The molecule has 0 bridgehead atoms. The zero-order valence-corrected chi connectivity index (χ0v) is 11.5. The second-order valence-electron chi connectivity index (χ2n) is 3.69. The van der Waals surface area contributed by atoms with Crippen LogP contribution in [0.1, 0.15) is 39.5 Å². The average Bonchev–Trinajstić information content (AvgIpc) is 2.41. The molecule has 1 atom stereocenters. The third-order valence-corrected chi connectivity index (χ3v) is 7.48. The van der Waals surface area contributed by atoms with Crippen LogP contribution in [0.25, 0.3) is 0 Å². The Labute approximate surface area is 95.8 Å². The van der Waals surface area contributed by atoms with Crippen molar-refractivity contribution >= 4 is 28.4 Å². The van der Waals surface area contributed by atoms with Gasteiger partial charge >= 0.3 is 0 Å². The van der Waals surface area contributed by atoms with Crippen LogP contribution in [0, 0.1) is 0 Å². The predicted octanol–water partition coefficient (Wildman–Crippen LogP) is 5.15. The first-order chi connectivity index (χ1) is 6.16. The first-order valence-corrected chi connectivity index (χ1v) is 9.50. The highest BCUT2D eigenvalue weighted by Crippen LogP contribution is 2.63. The summed E-state index contributed by atoms with van der Waals surface area (Å²) in [7, 11) is -0.506. The van der Waals surface area contributed by atoms with Gasteiger partial charge in [-0.05, 0) is 56.7 Å². The van der Waals surface area contributed by atoms with Crippen molar-refractivity contribution in [1.29, 1.82) is 0 Å². The minimum absolute atomic E-state index is 0.506. The van der Waals surface area contributed by atoms with Crippen molar-refractivity contribution in [3.63, 3.8) is 0 Å². The van der Waals surface area contributed by atoms with Crippen LogP contribution < -0.4 is 0 Å². The average molecular weight is 310 g/mol. The Morgan fingerprint density at radius 2 is 2.08 bits per heavy atom. The van der Waals surface area contributed by atoms with Crippen LogP contribution in [0.4, 0.5) is 0 Å². The van der Waals surface area contributed by atoms with Gasteiger partial charge in [-0.3, -0.25) is 0 Å². The monoisotopic (exact) mass is 310 g/mol. The van der Waals surface area contributed by atoms with Gasteiger partial charge in [-0.1, -0.05) is 32.3 Å². The van der Waals surface area contributed by atoms with E-state index in [4.69, 9.17) is 0 Å². The maximum Gasteiger partial charge on any atom is -0.00728 e. The van der Waals surface area contributed by atoms with Gasteiger partial charge in [0.1, 0.15) is 0 Å². The maximum atomic E-state index is 2.65. The molecule has 0 saturated carbocycles. The molecule has 1 rings (SSSR count). The first kappa shape index (κ1) is 11.6. The second kappa shape index (κ2) is 5.44. The summed E-state index contributed by atoms with van der Waals surface area (Å²) in [5.41, 5.74) is 1.46. The zero-order valence-electron chi connectivity index (χ0n) is 8.55. The summed E-state index contributed by atoms with van der Waals surface area (Å²) in [4.78, 5) is 0. The van der Waals surface area contributed by atoms with Gasteiger partial charge in [0, 0.05) is 0 Å². The molecule has 0 fully saturated rings. The fourth-order valence-corrected chi connectivity index (χ4v) is 6.18. The third kappa shape index (κ3) is 4.07. The molecule has 0 radical (unpaired) electrons. The molecular weight excluding hydrogens is 291 g/mol. The number of hydrogen-bond donors (Lipinski definition) is 0. The molecule has 13 heavy (non-hydrogen) atoms. The SMILES string of the molecule is CCCCCCS1(I)C=CC(C)=C1. The van der Waals surface area contributed by atoms with Crippen LogP contribution in [0.5, 0.6) is 0 Å². The Morgan fingerprint density at radius 1 is 1.31 bits per heavy atom. The standard InChI is InChI=1S/C11H19IS/c1-3-4-5-6-8-13(12)9-7-11(2)10-13/h7,9-10H,3-6,8H2,1-2H3. The normalized spacial score (nSPS) is 31.5. The molecule has 76 valence electrons. The fourth-order valence-electron chi connectivity index (χ4n) is 1.49. The smallest absolute Gasteiger partial charge is 0.00728 e. The predicted molar refractivity (Wildman–Crippen MR) is 73.5 cm³/mol. The van der Waals surface area contributed by atoms with Crippen molar-refractivity contribution in [3.05, 3.63) is 22.5 Å². The number of allylic oxidation sites excluding steroid dienone is 2. The summed E-state index contributed by atoms with van der Waals surface area (Å²) in [5.74, 6) is 1.39. The van der Waals surface area contributed by atoms with Gasteiger partial charge < -0.3 is 0 Å². The van der Waals surface area contributed by atoms with Gasteiger partial charge in [0.05, 0.1) is 0 Å². The Kier molecular flexibility index (Phi) is 4.87. The van der Waals surface area contributed by atoms with Crippen LogP contribution in [-0.2, 0) is 0 Å². The lowest BCUT2D eigenvalue weighted by Gasteiger charge is -2.23. The molecule has 0 aromatic rings. The highest BCUT2D eigenvalue weighted by molar-refractivity contribution is 14.2. The molecule has 1 unspecified atom stereocenters. The van der Waals surface area contributed by atoms with E-state index in [2.05, 4.69) is 51.9 Å². The Balaban J connectivity index is 2.25. The molecule has 0 saturated heterocycles. The number of rotatable bonds is 5. The number of hydrogen-bond acceptors (Lipinski definition) is 0. The summed E-state index contributed by atoms with van der Waals surface area (Å²) < 4.78 is 0. The van der Waals surface area contributed by atoms with Crippen LogP contribution in [0.2, 0.25) is 0 Å². The molecule has 1 heterocycles. The quantitative estimate of drug-likeness (QED) is 0.486. The highest BCUT2D eigenvalue weighted by atomic mass is 127. The summed E-state index contributed by atoms with van der Waals surface area (Å²) in [6.45, 7) is 4.47. The molecular formula is C11H19IS. The Bertz CT molecular complexity index is 220. The second-order valence-corrected chi connectivity index (χ2v) is 11.0. The van der Waals surface area contributed by atoms with Crippen LogP contribution in [-0.4, -0.2) is 5.75 Å². The van der Waals surface area contributed by atoms with E-state index in [0.717, 1.165) is 0 Å². The van der Waals surface area contributed by atoms with Crippen LogP contribution in [0.15, 0.2) is 22.5 Å². The minimum atomic E-state index is -0.506.